The van der Waals surface area contributed by atoms with Crippen LogP contribution >= 0.6 is 11.8 Å². The summed E-state index contributed by atoms with van der Waals surface area (Å²) in [6, 6.07) is 12.0. The average Bonchev–Trinajstić information content (AvgIpc) is 3.21. The number of nitrogens with one attached hydrogen (secondary N) is 2. The number of aromatic nitrogens is 4. The maximum atomic E-state index is 12.2. The van der Waals surface area contributed by atoms with Gasteiger partial charge in [-0.2, -0.15) is 5.10 Å². The van der Waals surface area contributed by atoms with E-state index >= 15 is 0 Å². The zero-order chi connectivity index (χ0) is 22.5. The highest BCUT2D eigenvalue weighted by molar-refractivity contribution is 7.99. The van der Waals surface area contributed by atoms with E-state index in [-0.39, 0.29) is 12.5 Å². The summed E-state index contributed by atoms with van der Waals surface area (Å²) in [6.45, 7) is 6.74. The van der Waals surface area contributed by atoms with E-state index in [4.69, 9.17) is 14.7 Å². The van der Waals surface area contributed by atoms with Crippen molar-refractivity contribution >= 4 is 35.1 Å². The number of carbonyl (C=O) groups is 1. The molecule has 168 valence electrons. The normalized spacial score (nSPS) is 14.0. The first-order chi connectivity index (χ1) is 15.5. The monoisotopic (exact) mass is 453 g/mol. The highest BCUT2D eigenvalue weighted by Crippen LogP contribution is 2.32. The van der Waals surface area contributed by atoms with Crippen molar-refractivity contribution in [3.05, 3.63) is 47.7 Å². The average molecular weight is 454 g/mol. The third-order valence-corrected chi connectivity index (χ3v) is 6.08. The molecule has 0 radical (unpaired) electrons. The van der Waals surface area contributed by atoms with Crippen molar-refractivity contribution in [3.8, 4) is 0 Å². The molecule has 1 amide bonds. The van der Waals surface area contributed by atoms with Crippen molar-refractivity contribution in [2.24, 2.45) is 0 Å². The first kappa shape index (κ1) is 22.1. The Kier molecular flexibility index (Phi) is 6.91. The lowest BCUT2D eigenvalue weighted by atomic mass is 10.2. The van der Waals surface area contributed by atoms with Gasteiger partial charge in [0.15, 0.2) is 11.0 Å². The van der Waals surface area contributed by atoms with Crippen LogP contribution in [-0.2, 0) is 9.53 Å². The Bertz CT molecular complexity index is 1070. The van der Waals surface area contributed by atoms with Gasteiger partial charge < -0.3 is 19.9 Å². The van der Waals surface area contributed by atoms with Crippen molar-refractivity contribution in [1.29, 1.82) is 0 Å². The fourth-order valence-corrected chi connectivity index (χ4v) is 4.31. The van der Waals surface area contributed by atoms with Crippen molar-refractivity contribution in [3.63, 3.8) is 0 Å². The molecule has 0 unspecified atom stereocenters. The summed E-state index contributed by atoms with van der Waals surface area (Å²) in [5.41, 5.74) is 1.91. The Balaban J connectivity index is 1.60. The number of rotatable bonds is 7. The number of hydrogen-bond donors (Lipinski definition) is 2. The lowest BCUT2D eigenvalue weighted by molar-refractivity contribution is -0.135. The number of aromatic amines is 1. The molecule has 0 aliphatic carbocycles. The third-order valence-electron chi connectivity index (χ3n) is 5.20. The van der Waals surface area contributed by atoms with Gasteiger partial charge in [0.05, 0.1) is 0 Å². The van der Waals surface area contributed by atoms with Crippen LogP contribution in [0.2, 0.25) is 0 Å². The lowest BCUT2D eigenvalue weighted by Gasteiger charge is -2.36. The molecule has 2 N–H and O–H groups in total. The van der Waals surface area contributed by atoms with Crippen LogP contribution in [0.15, 0.2) is 46.5 Å². The molecule has 0 spiro atoms. The number of piperazine rings is 1. The van der Waals surface area contributed by atoms with Gasteiger partial charge in [0.1, 0.15) is 18.2 Å². The summed E-state index contributed by atoms with van der Waals surface area (Å²) < 4.78 is 4.99. The molecule has 4 rings (SSSR count). The van der Waals surface area contributed by atoms with E-state index in [9.17, 15) is 4.79 Å². The number of ether oxygens (including phenoxy) is 1. The summed E-state index contributed by atoms with van der Waals surface area (Å²) in [6.07, 6.45) is 0. The molecule has 3 heterocycles. The minimum atomic E-state index is 0.0168. The molecular formula is C22H27N7O2S. The van der Waals surface area contributed by atoms with Crippen molar-refractivity contribution in [1.82, 2.24) is 25.1 Å². The van der Waals surface area contributed by atoms with Gasteiger partial charge in [-0.05, 0) is 37.7 Å². The zero-order valence-electron chi connectivity index (χ0n) is 18.5. The molecule has 1 aromatic carbocycles. The number of amides is 1. The molecule has 1 fully saturated rings. The van der Waals surface area contributed by atoms with Crippen LogP contribution in [0.5, 0.6) is 0 Å². The molecule has 9 nitrogen and oxygen atoms in total. The molecule has 0 bridgehead atoms. The highest BCUT2D eigenvalue weighted by atomic mass is 32.2. The fraction of sp³-hybridized carbons (Fsp3) is 0.364. The molecule has 10 heteroatoms. The van der Waals surface area contributed by atoms with Gasteiger partial charge in [-0.1, -0.05) is 18.2 Å². The van der Waals surface area contributed by atoms with Crippen LogP contribution in [0, 0.1) is 13.8 Å². The third kappa shape index (κ3) is 5.20. The number of nitrogens with zero attached hydrogens (tertiary/aromatic N) is 5. The zero-order valence-corrected chi connectivity index (χ0v) is 19.3. The van der Waals surface area contributed by atoms with E-state index < -0.39 is 0 Å². The van der Waals surface area contributed by atoms with E-state index in [1.807, 2.05) is 55.1 Å². The van der Waals surface area contributed by atoms with Gasteiger partial charge in [0.2, 0.25) is 5.91 Å². The molecule has 1 saturated heterocycles. The van der Waals surface area contributed by atoms with Crippen molar-refractivity contribution in [2.75, 3.05) is 50.1 Å². The maximum Gasteiger partial charge on any atom is 0.248 e. The van der Waals surface area contributed by atoms with Crippen LogP contribution in [-0.4, -0.2) is 70.9 Å². The largest absolute Gasteiger partial charge is 0.375 e. The minimum absolute atomic E-state index is 0.0168. The first-order valence-corrected chi connectivity index (χ1v) is 11.3. The predicted octanol–water partition coefficient (Wildman–Crippen LogP) is 3.01. The predicted molar refractivity (Wildman–Crippen MR) is 125 cm³/mol. The Morgan fingerprint density at radius 2 is 1.91 bits per heavy atom. The molecule has 0 saturated carbocycles. The van der Waals surface area contributed by atoms with Gasteiger partial charge in [-0.25, -0.2) is 9.97 Å². The number of hydrogen-bond acceptors (Lipinski definition) is 8. The minimum Gasteiger partial charge on any atom is -0.375 e. The van der Waals surface area contributed by atoms with Gasteiger partial charge in [0.25, 0.3) is 0 Å². The van der Waals surface area contributed by atoms with Crippen LogP contribution in [0.4, 0.5) is 17.5 Å². The molecule has 2 aromatic heterocycles. The van der Waals surface area contributed by atoms with E-state index in [1.165, 1.54) is 11.8 Å². The second-order valence-electron chi connectivity index (χ2n) is 7.58. The summed E-state index contributed by atoms with van der Waals surface area (Å²) in [5, 5.41) is 11.2. The topological polar surface area (TPSA) is 99.3 Å². The van der Waals surface area contributed by atoms with Crippen LogP contribution < -0.4 is 10.2 Å². The van der Waals surface area contributed by atoms with Crippen LogP contribution in [0.1, 0.15) is 11.3 Å². The van der Waals surface area contributed by atoms with Gasteiger partial charge >= 0.3 is 0 Å². The van der Waals surface area contributed by atoms with E-state index in [0.29, 0.717) is 37.2 Å². The summed E-state index contributed by atoms with van der Waals surface area (Å²) in [7, 11) is 1.54. The van der Waals surface area contributed by atoms with Crippen LogP contribution in [0.3, 0.4) is 0 Å². The van der Waals surface area contributed by atoms with E-state index in [1.54, 1.807) is 7.11 Å². The Hall–Kier alpha value is -3.11. The van der Waals surface area contributed by atoms with E-state index in [2.05, 4.69) is 20.4 Å². The van der Waals surface area contributed by atoms with Crippen LogP contribution in [0.25, 0.3) is 0 Å². The smallest absolute Gasteiger partial charge is 0.248 e. The Labute approximate surface area is 191 Å². The molecular weight excluding hydrogens is 426 g/mol. The molecule has 1 aliphatic heterocycles. The number of anilines is 3. The van der Waals surface area contributed by atoms with E-state index in [0.717, 1.165) is 27.8 Å². The number of aryl methyl sites for hydroxylation is 1. The summed E-state index contributed by atoms with van der Waals surface area (Å²) in [4.78, 5) is 26.9. The number of methoxy groups -OCH3 is 1. The number of carbonyl (C=O) groups excluding carboxylic acids is 1. The maximum absolute atomic E-state index is 12.2. The fourth-order valence-electron chi connectivity index (χ4n) is 3.54. The molecule has 0 atom stereocenters. The quantitative estimate of drug-likeness (QED) is 0.527. The highest BCUT2D eigenvalue weighted by Gasteiger charge is 2.25. The summed E-state index contributed by atoms with van der Waals surface area (Å²) in [5.74, 6) is 2.31. The van der Waals surface area contributed by atoms with Crippen molar-refractivity contribution < 1.29 is 9.53 Å². The molecule has 32 heavy (non-hydrogen) atoms. The first-order valence-electron chi connectivity index (χ1n) is 10.5. The van der Waals surface area contributed by atoms with Crippen molar-refractivity contribution in [2.45, 2.75) is 23.9 Å². The second kappa shape index (κ2) is 10.0. The summed E-state index contributed by atoms with van der Waals surface area (Å²) >= 11 is 1.52. The Morgan fingerprint density at radius 3 is 2.56 bits per heavy atom. The van der Waals surface area contributed by atoms with Gasteiger partial charge in [0, 0.05) is 55.5 Å². The SMILES string of the molecule is COCC(=O)N1CCN(c2nc(Sc3ccccc3)nc(Nc3cc(C)[nH]n3)c2C)CC1. The van der Waals surface area contributed by atoms with Gasteiger partial charge in [-0.15, -0.1) is 0 Å². The second-order valence-corrected chi connectivity index (χ2v) is 8.62. The number of H-pyrrole nitrogens is 1. The standard InChI is InChI=1S/C22H27N7O2S/c1-15-13-18(27-26-15)23-20-16(2)21(25-22(24-20)32-17-7-5-4-6-8-17)29-11-9-28(10-12-29)19(30)14-31-3/h4-8,13H,9-12,14H2,1-3H3,(H2,23,24,25,26,27). The molecule has 3 aromatic rings. The van der Waals surface area contributed by atoms with Gasteiger partial charge in [-0.3, -0.25) is 9.89 Å². The molecule has 1 aliphatic rings. The lowest BCUT2D eigenvalue weighted by Crippen LogP contribution is -2.50. The number of benzene rings is 1. The Morgan fingerprint density at radius 1 is 1.16 bits per heavy atom.